The van der Waals surface area contributed by atoms with Gasteiger partial charge in [-0.2, -0.15) is 0 Å². The summed E-state index contributed by atoms with van der Waals surface area (Å²) in [6, 6.07) is 2.28. The van der Waals surface area contributed by atoms with Crippen molar-refractivity contribution in [2.24, 2.45) is 0 Å². The van der Waals surface area contributed by atoms with Gasteiger partial charge in [0.05, 0.1) is 32.3 Å². The topological polar surface area (TPSA) is 43.6 Å². The third kappa shape index (κ3) is 5.57. The molecule has 0 spiro atoms. The van der Waals surface area contributed by atoms with E-state index in [4.69, 9.17) is 13.9 Å². The van der Waals surface area contributed by atoms with Crippen LogP contribution in [0.2, 0.25) is 0 Å². The molecule has 0 bridgehead atoms. The molecule has 4 heteroatoms. The molecule has 15 heavy (non-hydrogen) atoms. The third-order valence-electron chi connectivity index (χ3n) is 2.03. The van der Waals surface area contributed by atoms with Crippen LogP contribution in [0.3, 0.4) is 0 Å². The minimum atomic E-state index is 0.330. The first-order chi connectivity index (χ1) is 7.33. The minimum Gasteiger partial charge on any atom is -0.472 e. The van der Waals surface area contributed by atoms with Gasteiger partial charge in [0.15, 0.2) is 0 Å². The Morgan fingerprint density at radius 3 is 3.00 bits per heavy atom. The Morgan fingerprint density at radius 2 is 2.33 bits per heavy atom. The molecule has 0 saturated heterocycles. The van der Waals surface area contributed by atoms with E-state index in [0.29, 0.717) is 25.9 Å². The molecular formula is C11H19NO3. The lowest BCUT2D eigenvalue weighted by Gasteiger charge is -2.13. The molecule has 1 aromatic heterocycles. The Morgan fingerprint density at radius 1 is 1.47 bits per heavy atom. The van der Waals surface area contributed by atoms with E-state index in [-0.39, 0.29) is 0 Å². The van der Waals surface area contributed by atoms with Crippen LogP contribution in [-0.2, 0) is 16.0 Å². The van der Waals surface area contributed by atoms with Gasteiger partial charge in [-0.05, 0) is 13.0 Å². The summed E-state index contributed by atoms with van der Waals surface area (Å²) in [7, 11) is 1.67. The van der Waals surface area contributed by atoms with Gasteiger partial charge < -0.3 is 19.2 Å². The average Bonchev–Trinajstić information content (AvgIpc) is 2.74. The lowest BCUT2D eigenvalue weighted by atomic mass is 10.3. The van der Waals surface area contributed by atoms with E-state index >= 15 is 0 Å². The summed E-state index contributed by atoms with van der Waals surface area (Å²) >= 11 is 0. The van der Waals surface area contributed by atoms with Crippen molar-refractivity contribution in [1.29, 1.82) is 0 Å². The summed E-state index contributed by atoms with van der Waals surface area (Å²) in [5.74, 6) is 0. The highest BCUT2D eigenvalue weighted by molar-refractivity contribution is 5.04. The van der Waals surface area contributed by atoms with Gasteiger partial charge in [0.25, 0.3) is 0 Å². The van der Waals surface area contributed by atoms with E-state index in [1.54, 1.807) is 19.6 Å². The lowest BCUT2D eigenvalue weighted by molar-refractivity contribution is 0.0608. The normalized spacial score (nSPS) is 12.9. The van der Waals surface area contributed by atoms with Crippen LogP contribution in [0.15, 0.2) is 23.0 Å². The standard InChI is InChI=1S/C11H19NO3/c1-10(8-15-6-5-13-2)12-7-11-3-4-14-9-11/h3-4,9-10,12H,5-8H2,1-2H3. The fourth-order valence-corrected chi connectivity index (χ4v) is 1.15. The van der Waals surface area contributed by atoms with Crippen LogP contribution in [0.5, 0.6) is 0 Å². The predicted molar refractivity (Wildman–Crippen MR) is 57.7 cm³/mol. The molecule has 86 valence electrons. The highest BCUT2D eigenvalue weighted by Gasteiger charge is 2.01. The second-order valence-electron chi connectivity index (χ2n) is 3.48. The number of rotatable bonds is 8. The highest BCUT2D eigenvalue weighted by Crippen LogP contribution is 1.99. The maximum Gasteiger partial charge on any atom is 0.0947 e. The van der Waals surface area contributed by atoms with Crippen LogP contribution in [0.25, 0.3) is 0 Å². The smallest absolute Gasteiger partial charge is 0.0947 e. The fraction of sp³-hybridized carbons (Fsp3) is 0.636. The van der Waals surface area contributed by atoms with E-state index < -0.39 is 0 Å². The zero-order chi connectivity index (χ0) is 10.9. The molecule has 1 heterocycles. The molecule has 0 aromatic carbocycles. The number of ether oxygens (including phenoxy) is 2. The van der Waals surface area contributed by atoms with Crippen LogP contribution >= 0.6 is 0 Å². The van der Waals surface area contributed by atoms with Gasteiger partial charge in [-0.15, -0.1) is 0 Å². The van der Waals surface area contributed by atoms with E-state index in [1.165, 1.54) is 0 Å². The van der Waals surface area contributed by atoms with Crippen LogP contribution < -0.4 is 5.32 Å². The van der Waals surface area contributed by atoms with Crippen molar-refractivity contribution in [3.63, 3.8) is 0 Å². The summed E-state index contributed by atoms with van der Waals surface area (Å²) in [4.78, 5) is 0. The molecule has 1 atom stereocenters. The van der Waals surface area contributed by atoms with Gasteiger partial charge in [0, 0.05) is 25.3 Å². The Balaban J connectivity index is 2.01. The zero-order valence-corrected chi connectivity index (χ0v) is 9.36. The van der Waals surface area contributed by atoms with Crippen molar-refractivity contribution in [3.05, 3.63) is 24.2 Å². The molecule has 0 amide bonds. The Bertz CT molecular complexity index is 236. The van der Waals surface area contributed by atoms with Crippen LogP contribution in [-0.4, -0.2) is 33.0 Å². The van der Waals surface area contributed by atoms with E-state index in [9.17, 15) is 0 Å². The minimum absolute atomic E-state index is 0.330. The van der Waals surface area contributed by atoms with Crippen molar-refractivity contribution in [2.45, 2.75) is 19.5 Å². The highest BCUT2D eigenvalue weighted by atomic mass is 16.5. The summed E-state index contributed by atoms with van der Waals surface area (Å²) in [6.07, 6.45) is 3.42. The average molecular weight is 213 g/mol. The number of methoxy groups -OCH3 is 1. The number of hydrogen-bond acceptors (Lipinski definition) is 4. The summed E-state index contributed by atoms with van der Waals surface area (Å²) < 4.78 is 15.3. The number of furan rings is 1. The van der Waals surface area contributed by atoms with Crippen LogP contribution in [0, 0.1) is 0 Å². The molecule has 0 aliphatic carbocycles. The molecule has 1 aromatic rings. The molecule has 0 fully saturated rings. The van der Waals surface area contributed by atoms with Crippen LogP contribution in [0.1, 0.15) is 12.5 Å². The molecule has 1 rings (SSSR count). The Kier molecular flexibility index (Phi) is 6.08. The Labute approximate surface area is 90.6 Å². The quantitative estimate of drug-likeness (QED) is 0.663. The predicted octanol–water partition coefficient (Wildman–Crippen LogP) is 1.42. The van der Waals surface area contributed by atoms with Gasteiger partial charge in [-0.25, -0.2) is 0 Å². The molecule has 0 radical (unpaired) electrons. The van der Waals surface area contributed by atoms with Crippen molar-refractivity contribution < 1.29 is 13.9 Å². The third-order valence-corrected chi connectivity index (χ3v) is 2.03. The van der Waals surface area contributed by atoms with Crippen molar-refractivity contribution >= 4 is 0 Å². The first-order valence-corrected chi connectivity index (χ1v) is 5.14. The van der Waals surface area contributed by atoms with E-state index in [2.05, 4.69) is 12.2 Å². The molecule has 0 aliphatic heterocycles. The maximum absolute atomic E-state index is 5.39. The van der Waals surface area contributed by atoms with Crippen molar-refractivity contribution in [3.8, 4) is 0 Å². The summed E-state index contributed by atoms with van der Waals surface area (Å²) in [6.45, 7) is 4.89. The summed E-state index contributed by atoms with van der Waals surface area (Å²) in [5.41, 5.74) is 1.15. The van der Waals surface area contributed by atoms with E-state index in [1.807, 2.05) is 6.07 Å². The Hall–Kier alpha value is -0.840. The van der Waals surface area contributed by atoms with Gasteiger partial charge in [0.2, 0.25) is 0 Å². The second kappa shape index (κ2) is 7.45. The zero-order valence-electron chi connectivity index (χ0n) is 9.36. The largest absolute Gasteiger partial charge is 0.472 e. The van der Waals surface area contributed by atoms with Gasteiger partial charge in [-0.3, -0.25) is 0 Å². The molecular weight excluding hydrogens is 194 g/mol. The second-order valence-corrected chi connectivity index (χ2v) is 3.48. The SMILES string of the molecule is COCCOCC(C)NCc1ccoc1. The molecule has 4 nitrogen and oxygen atoms in total. The molecule has 0 saturated carbocycles. The van der Waals surface area contributed by atoms with Crippen molar-refractivity contribution in [1.82, 2.24) is 5.32 Å². The first-order valence-electron chi connectivity index (χ1n) is 5.14. The number of nitrogens with one attached hydrogen (secondary N) is 1. The van der Waals surface area contributed by atoms with E-state index in [0.717, 1.165) is 12.1 Å². The summed E-state index contributed by atoms with van der Waals surface area (Å²) in [5, 5.41) is 3.34. The van der Waals surface area contributed by atoms with Gasteiger partial charge >= 0.3 is 0 Å². The molecule has 0 aliphatic rings. The van der Waals surface area contributed by atoms with Crippen molar-refractivity contribution in [2.75, 3.05) is 26.9 Å². The van der Waals surface area contributed by atoms with Gasteiger partial charge in [0.1, 0.15) is 0 Å². The molecule has 1 unspecified atom stereocenters. The fourth-order valence-electron chi connectivity index (χ4n) is 1.15. The van der Waals surface area contributed by atoms with Gasteiger partial charge in [-0.1, -0.05) is 0 Å². The number of hydrogen-bond donors (Lipinski definition) is 1. The monoisotopic (exact) mass is 213 g/mol. The molecule has 1 N–H and O–H groups in total. The van der Waals surface area contributed by atoms with Crippen LogP contribution in [0.4, 0.5) is 0 Å². The maximum atomic E-state index is 5.39. The first kappa shape index (κ1) is 12.2. The lowest BCUT2D eigenvalue weighted by Crippen LogP contribution is -2.30.